The molecule has 0 bridgehead atoms. The highest BCUT2D eigenvalue weighted by Gasteiger charge is 2.36. The summed E-state index contributed by atoms with van der Waals surface area (Å²) in [5.74, 6) is 0.242. The number of carbonyl (C=O) groups is 1. The van der Waals surface area contributed by atoms with Crippen LogP contribution in [0.3, 0.4) is 0 Å². The molecule has 2 aliphatic rings. The van der Waals surface area contributed by atoms with E-state index in [1.165, 1.54) is 23.3 Å². The van der Waals surface area contributed by atoms with E-state index in [0.717, 1.165) is 51.4 Å². The topological polar surface area (TPSA) is 44.8 Å². The van der Waals surface area contributed by atoms with Crippen molar-refractivity contribution in [1.29, 1.82) is 0 Å². The number of hydrogen-bond acceptors (Lipinski definition) is 4. The lowest BCUT2D eigenvalue weighted by Gasteiger charge is -2.42. The molecule has 0 saturated heterocycles. The molecular weight excluding hydrogens is 522 g/mol. The maximum absolute atomic E-state index is 14.4. The van der Waals surface area contributed by atoms with Gasteiger partial charge in [-0.3, -0.25) is 0 Å². The van der Waals surface area contributed by atoms with Crippen LogP contribution in [0.15, 0.2) is 60.7 Å². The van der Waals surface area contributed by atoms with Crippen molar-refractivity contribution in [2.45, 2.75) is 71.1 Å². The van der Waals surface area contributed by atoms with Crippen molar-refractivity contribution < 1.29 is 27.8 Å². The first-order valence-corrected chi connectivity index (χ1v) is 15.1. The van der Waals surface area contributed by atoms with Crippen molar-refractivity contribution in [3.63, 3.8) is 0 Å². The highest BCUT2D eigenvalue weighted by molar-refractivity contribution is 5.91. The number of rotatable bonds is 10. The van der Waals surface area contributed by atoms with E-state index in [-0.39, 0.29) is 24.1 Å². The molecule has 4 nitrogen and oxygen atoms in total. The van der Waals surface area contributed by atoms with Crippen LogP contribution >= 0.6 is 0 Å². The quantitative estimate of drug-likeness (QED) is 0.183. The minimum Gasteiger partial charge on any atom is -0.491 e. The lowest BCUT2D eigenvalue weighted by Crippen LogP contribution is -2.32. The van der Waals surface area contributed by atoms with E-state index in [9.17, 15) is 13.6 Å². The molecule has 0 radical (unpaired) electrons. The summed E-state index contributed by atoms with van der Waals surface area (Å²) in [6.07, 6.45) is 8.71. The summed E-state index contributed by atoms with van der Waals surface area (Å²) < 4.78 is 45.0. The number of halogens is 2. The molecule has 2 saturated carbocycles. The van der Waals surface area contributed by atoms with Crippen molar-refractivity contribution in [3.05, 3.63) is 89.0 Å². The molecule has 4 atom stereocenters. The summed E-state index contributed by atoms with van der Waals surface area (Å²) in [6.45, 7) is 4.55. The molecule has 0 heterocycles. The zero-order valence-electron chi connectivity index (χ0n) is 24.0. The van der Waals surface area contributed by atoms with Crippen LogP contribution in [-0.2, 0) is 6.42 Å². The zero-order chi connectivity index (χ0) is 28.8. The molecule has 3 aromatic rings. The number of fused-ring (bicyclic) bond motifs is 1. The molecule has 0 aliphatic heterocycles. The number of hydrogen-bond donors (Lipinski definition) is 0. The smallest absolute Gasteiger partial charge is 0.343 e. The standard InChI is InChI=1S/C35H40F2O4/c1-3-5-23-7-16-30(17-8-23)41-35(38)26-12-10-25(11-13-26)28-15-14-27-20-24(6-9-29(27)21-28)22-40-32-19-18-31(39-4-2)33(36)34(32)37/h7-8,10-13,16-19,24,27-29H,3-6,9,14-15,20-22H2,1-2H3. The largest absolute Gasteiger partial charge is 0.491 e. The van der Waals surface area contributed by atoms with Gasteiger partial charge in [0.25, 0.3) is 0 Å². The van der Waals surface area contributed by atoms with E-state index in [4.69, 9.17) is 14.2 Å². The van der Waals surface area contributed by atoms with Gasteiger partial charge in [-0.25, -0.2) is 4.79 Å². The van der Waals surface area contributed by atoms with Crippen molar-refractivity contribution in [3.8, 4) is 17.2 Å². The molecule has 2 aliphatic carbocycles. The van der Waals surface area contributed by atoms with Gasteiger partial charge < -0.3 is 14.2 Å². The fourth-order valence-electron chi connectivity index (χ4n) is 6.61. The monoisotopic (exact) mass is 562 g/mol. The van der Waals surface area contributed by atoms with Gasteiger partial charge >= 0.3 is 5.97 Å². The SMILES string of the molecule is CCCc1ccc(OC(=O)c2ccc(C3CCC4CC(COc5ccc(OCC)c(F)c5F)CCC4C3)cc2)cc1. The maximum Gasteiger partial charge on any atom is 0.343 e. The van der Waals surface area contributed by atoms with Crippen molar-refractivity contribution in [2.24, 2.45) is 17.8 Å². The van der Waals surface area contributed by atoms with Gasteiger partial charge in [-0.15, -0.1) is 0 Å². The first-order chi connectivity index (χ1) is 19.9. The van der Waals surface area contributed by atoms with Crippen LogP contribution in [0.4, 0.5) is 8.78 Å². The zero-order valence-corrected chi connectivity index (χ0v) is 24.0. The second-order valence-corrected chi connectivity index (χ2v) is 11.5. The molecule has 5 rings (SSSR count). The molecule has 0 aromatic heterocycles. The molecule has 0 spiro atoms. The van der Waals surface area contributed by atoms with Crippen LogP contribution in [0.2, 0.25) is 0 Å². The van der Waals surface area contributed by atoms with Gasteiger partial charge in [0, 0.05) is 0 Å². The first-order valence-electron chi connectivity index (χ1n) is 15.1. The maximum atomic E-state index is 14.4. The van der Waals surface area contributed by atoms with Gasteiger partial charge in [0.05, 0.1) is 18.8 Å². The Labute approximate surface area is 242 Å². The lowest BCUT2D eigenvalue weighted by molar-refractivity contribution is 0.0734. The number of esters is 1. The summed E-state index contributed by atoms with van der Waals surface area (Å²) >= 11 is 0. The van der Waals surface area contributed by atoms with E-state index < -0.39 is 11.6 Å². The van der Waals surface area contributed by atoms with Crippen LogP contribution in [0, 0.1) is 29.4 Å². The lowest BCUT2D eigenvalue weighted by atomic mass is 9.64. The average molecular weight is 563 g/mol. The Morgan fingerprint density at radius 2 is 1.44 bits per heavy atom. The summed E-state index contributed by atoms with van der Waals surface area (Å²) in [4.78, 5) is 12.7. The Hall–Kier alpha value is -3.41. The van der Waals surface area contributed by atoms with Crippen LogP contribution in [0.25, 0.3) is 0 Å². The van der Waals surface area contributed by atoms with E-state index in [1.54, 1.807) is 6.92 Å². The average Bonchev–Trinajstić information content (AvgIpc) is 3.00. The summed E-state index contributed by atoms with van der Waals surface area (Å²) in [7, 11) is 0. The molecule has 0 N–H and O–H groups in total. The van der Waals surface area contributed by atoms with Crippen LogP contribution in [0.5, 0.6) is 17.2 Å². The van der Waals surface area contributed by atoms with Gasteiger partial charge in [-0.2, -0.15) is 8.78 Å². The Kier molecular flexibility index (Phi) is 9.58. The van der Waals surface area contributed by atoms with Crippen LogP contribution in [-0.4, -0.2) is 19.2 Å². The fraction of sp³-hybridized carbons (Fsp3) is 0.457. The predicted molar refractivity (Wildman–Crippen MR) is 156 cm³/mol. The Bertz CT molecular complexity index is 1300. The van der Waals surface area contributed by atoms with E-state index >= 15 is 0 Å². The van der Waals surface area contributed by atoms with Gasteiger partial charge in [0.2, 0.25) is 11.6 Å². The van der Waals surface area contributed by atoms with E-state index in [0.29, 0.717) is 41.6 Å². The third-order valence-electron chi connectivity index (χ3n) is 8.80. The number of carbonyl (C=O) groups excluding carboxylic acids is 1. The minimum atomic E-state index is -0.992. The molecular formula is C35H40F2O4. The third kappa shape index (κ3) is 7.09. The highest BCUT2D eigenvalue weighted by Crippen LogP contribution is 2.47. The molecule has 4 unspecified atom stereocenters. The van der Waals surface area contributed by atoms with Crippen molar-refractivity contribution in [2.75, 3.05) is 13.2 Å². The Morgan fingerprint density at radius 1 is 0.780 bits per heavy atom. The first kappa shape index (κ1) is 29.1. The summed E-state index contributed by atoms with van der Waals surface area (Å²) in [5, 5.41) is 0. The molecule has 0 amide bonds. The van der Waals surface area contributed by atoms with E-state index in [2.05, 4.69) is 19.1 Å². The molecule has 3 aromatic carbocycles. The fourth-order valence-corrected chi connectivity index (χ4v) is 6.61. The Morgan fingerprint density at radius 3 is 2.12 bits per heavy atom. The second-order valence-electron chi connectivity index (χ2n) is 11.5. The molecule has 6 heteroatoms. The predicted octanol–water partition coefficient (Wildman–Crippen LogP) is 8.91. The molecule has 2 fully saturated rings. The summed E-state index contributed by atoms with van der Waals surface area (Å²) in [5.41, 5.74) is 3.08. The van der Waals surface area contributed by atoms with Crippen molar-refractivity contribution in [1.82, 2.24) is 0 Å². The van der Waals surface area contributed by atoms with E-state index in [1.807, 2.05) is 36.4 Å². The van der Waals surface area contributed by atoms with Crippen LogP contribution < -0.4 is 14.2 Å². The van der Waals surface area contributed by atoms with Gasteiger partial charge in [0.15, 0.2) is 11.5 Å². The second kappa shape index (κ2) is 13.5. The molecule has 218 valence electrons. The van der Waals surface area contributed by atoms with Crippen LogP contribution in [0.1, 0.15) is 86.2 Å². The molecule has 41 heavy (non-hydrogen) atoms. The number of ether oxygens (including phenoxy) is 3. The normalized spacial score (nSPS) is 22.0. The highest BCUT2D eigenvalue weighted by atomic mass is 19.2. The van der Waals surface area contributed by atoms with Gasteiger partial charge in [-0.1, -0.05) is 37.6 Å². The van der Waals surface area contributed by atoms with Gasteiger partial charge in [-0.05, 0) is 123 Å². The number of aryl methyl sites for hydroxylation is 1. The minimum absolute atomic E-state index is 0.0472. The summed E-state index contributed by atoms with van der Waals surface area (Å²) in [6, 6.07) is 18.5. The third-order valence-corrected chi connectivity index (χ3v) is 8.80. The Balaban J connectivity index is 1.10. The van der Waals surface area contributed by atoms with Crippen molar-refractivity contribution >= 4 is 5.97 Å². The number of benzene rings is 3. The van der Waals surface area contributed by atoms with Gasteiger partial charge in [0.1, 0.15) is 5.75 Å².